The van der Waals surface area contributed by atoms with Crippen LogP contribution in [-0.2, 0) is 0 Å². The monoisotopic (exact) mass is 248 g/mol. The van der Waals surface area contributed by atoms with E-state index < -0.39 is 0 Å². The van der Waals surface area contributed by atoms with Crippen molar-refractivity contribution in [2.75, 3.05) is 0 Å². The molecule has 2 atom stereocenters. The van der Waals surface area contributed by atoms with Crippen molar-refractivity contribution in [1.29, 1.82) is 0 Å². The van der Waals surface area contributed by atoms with Crippen LogP contribution in [0.4, 0.5) is 0 Å². The van der Waals surface area contributed by atoms with Crippen molar-refractivity contribution < 1.29 is 0 Å². The molecule has 0 bridgehead atoms. The first-order chi connectivity index (χ1) is 8.63. The minimum Gasteiger partial charge on any atom is -0.271 e. The number of nitrogens with two attached hydrogens (primary N) is 1. The Morgan fingerprint density at radius 2 is 1.94 bits per heavy atom. The highest BCUT2D eigenvalue weighted by Crippen LogP contribution is 2.30. The summed E-state index contributed by atoms with van der Waals surface area (Å²) in [6.45, 7) is 8.82. The molecule has 0 fully saturated rings. The number of hydrogen-bond acceptors (Lipinski definition) is 2. The van der Waals surface area contributed by atoms with E-state index in [1.807, 2.05) is 0 Å². The van der Waals surface area contributed by atoms with Gasteiger partial charge >= 0.3 is 0 Å². The summed E-state index contributed by atoms with van der Waals surface area (Å²) in [5, 5.41) is 0. The van der Waals surface area contributed by atoms with Crippen LogP contribution in [0, 0.1) is 19.8 Å². The third-order valence-electron chi connectivity index (χ3n) is 3.86. The van der Waals surface area contributed by atoms with E-state index in [9.17, 15) is 0 Å². The molecule has 0 amide bonds. The molecular formula is C16H28N2. The van der Waals surface area contributed by atoms with Crippen molar-refractivity contribution in [3.05, 3.63) is 34.9 Å². The maximum absolute atomic E-state index is 5.81. The number of aryl methyl sites for hydroxylation is 2. The maximum Gasteiger partial charge on any atom is 0.0490 e. The topological polar surface area (TPSA) is 38.0 Å². The molecule has 1 rings (SSSR count). The smallest absolute Gasteiger partial charge is 0.0490 e. The van der Waals surface area contributed by atoms with Gasteiger partial charge < -0.3 is 0 Å². The molecular weight excluding hydrogens is 220 g/mol. The molecule has 0 saturated carbocycles. The maximum atomic E-state index is 5.81. The lowest BCUT2D eigenvalue weighted by Gasteiger charge is -2.27. The van der Waals surface area contributed by atoms with E-state index in [4.69, 9.17) is 5.84 Å². The van der Waals surface area contributed by atoms with Gasteiger partial charge in [0.25, 0.3) is 0 Å². The summed E-state index contributed by atoms with van der Waals surface area (Å²) >= 11 is 0. The quantitative estimate of drug-likeness (QED) is 0.565. The Kier molecular flexibility index (Phi) is 6.37. The summed E-state index contributed by atoms with van der Waals surface area (Å²) in [5.74, 6) is 6.43. The lowest BCUT2D eigenvalue weighted by Crippen LogP contribution is -2.34. The van der Waals surface area contributed by atoms with Gasteiger partial charge in [-0.15, -0.1) is 0 Å². The Hall–Kier alpha value is -0.860. The number of hydrazine groups is 1. The molecule has 0 aliphatic carbocycles. The lowest BCUT2D eigenvalue weighted by atomic mass is 9.85. The molecule has 18 heavy (non-hydrogen) atoms. The van der Waals surface area contributed by atoms with Gasteiger partial charge in [-0.1, -0.05) is 56.9 Å². The Labute approximate surface area is 112 Å². The summed E-state index contributed by atoms with van der Waals surface area (Å²) in [7, 11) is 0. The second-order valence-corrected chi connectivity index (χ2v) is 5.31. The molecule has 3 N–H and O–H groups in total. The van der Waals surface area contributed by atoms with Crippen LogP contribution in [0.2, 0.25) is 0 Å². The summed E-state index contributed by atoms with van der Waals surface area (Å²) in [6.07, 6.45) is 4.94. The second-order valence-electron chi connectivity index (χ2n) is 5.31. The number of unbranched alkanes of at least 4 members (excludes halogenated alkanes) is 1. The van der Waals surface area contributed by atoms with E-state index in [0.717, 1.165) is 0 Å². The highest BCUT2D eigenvalue weighted by Gasteiger charge is 2.21. The largest absolute Gasteiger partial charge is 0.271 e. The standard InChI is InChI=1S/C16H28N2/c1-5-7-8-14(6-2)16(18-17)15-10-9-12(3)11-13(15)4/h9-11,14,16,18H,5-8,17H2,1-4H3. The summed E-state index contributed by atoms with van der Waals surface area (Å²) in [5.41, 5.74) is 7.05. The van der Waals surface area contributed by atoms with E-state index in [1.54, 1.807) is 0 Å². The first kappa shape index (κ1) is 15.2. The molecule has 0 aliphatic rings. The highest BCUT2D eigenvalue weighted by molar-refractivity contribution is 5.33. The van der Waals surface area contributed by atoms with E-state index >= 15 is 0 Å². The van der Waals surface area contributed by atoms with Crippen molar-refractivity contribution in [2.45, 2.75) is 59.4 Å². The Balaban J connectivity index is 2.92. The molecule has 0 aromatic heterocycles. The number of nitrogens with one attached hydrogen (secondary N) is 1. The van der Waals surface area contributed by atoms with Crippen LogP contribution >= 0.6 is 0 Å². The molecule has 0 aliphatic heterocycles. The minimum atomic E-state index is 0.280. The Bertz CT molecular complexity index is 360. The van der Waals surface area contributed by atoms with Crippen LogP contribution in [0.15, 0.2) is 18.2 Å². The van der Waals surface area contributed by atoms with E-state index in [-0.39, 0.29) is 6.04 Å². The molecule has 1 aromatic carbocycles. The van der Waals surface area contributed by atoms with Crippen molar-refractivity contribution in [2.24, 2.45) is 11.8 Å². The van der Waals surface area contributed by atoms with Crippen molar-refractivity contribution in [3.63, 3.8) is 0 Å². The van der Waals surface area contributed by atoms with Gasteiger partial charge in [-0.25, -0.2) is 0 Å². The fourth-order valence-corrected chi connectivity index (χ4v) is 2.73. The zero-order valence-electron chi connectivity index (χ0n) is 12.3. The van der Waals surface area contributed by atoms with Gasteiger partial charge in [0.1, 0.15) is 0 Å². The second kappa shape index (κ2) is 7.55. The predicted molar refractivity (Wildman–Crippen MR) is 79.3 cm³/mol. The zero-order chi connectivity index (χ0) is 13.5. The molecule has 102 valence electrons. The van der Waals surface area contributed by atoms with E-state index in [0.29, 0.717) is 5.92 Å². The van der Waals surface area contributed by atoms with Crippen LogP contribution in [0.25, 0.3) is 0 Å². The number of rotatable bonds is 7. The normalized spacial score (nSPS) is 14.5. The van der Waals surface area contributed by atoms with Gasteiger partial charge in [0.15, 0.2) is 0 Å². The SMILES string of the molecule is CCCCC(CC)C(NN)c1ccc(C)cc1C. The van der Waals surface area contributed by atoms with Crippen molar-refractivity contribution in [3.8, 4) is 0 Å². The highest BCUT2D eigenvalue weighted by atomic mass is 15.2. The number of benzene rings is 1. The van der Waals surface area contributed by atoms with Crippen LogP contribution < -0.4 is 11.3 Å². The fourth-order valence-electron chi connectivity index (χ4n) is 2.73. The van der Waals surface area contributed by atoms with E-state index in [1.165, 1.54) is 42.4 Å². The fraction of sp³-hybridized carbons (Fsp3) is 0.625. The summed E-state index contributed by atoms with van der Waals surface area (Å²) in [4.78, 5) is 0. The minimum absolute atomic E-state index is 0.280. The zero-order valence-corrected chi connectivity index (χ0v) is 12.3. The third-order valence-corrected chi connectivity index (χ3v) is 3.86. The average Bonchev–Trinajstić information content (AvgIpc) is 2.36. The molecule has 0 radical (unpaired) electrons. The molecule has 0 saturated heterocycles. The Morgan fingerprint density at radius 3 is 2.44 bits per heavy atom. The van der Waals surface area contributed by atoms with Crippen LogP contribution in [-0.4, -0.2) is 0 Å². The van der Waals surface area contributed by atoms with Gasteiger partial charge in [0.2, 0.25) is 0 Å². The molecule has 2 nitrogen and oxygen atoms in total. The van der Waals surface area contributed by atoms with Crippen LogP contribution in [0.5, 0.6) is 0 Å². The van der Waals surface area contributed by atoms with Crippen LogP contribution in [0.1, 0.15) is 62.3 Å². The van der Waals surface area contributed by atoms with Gasteiger partial charge in [-0.3, -0.25) is 11.3 Å². The van der Waals surface area contributed by atoms with Gasteiger partial charge in [-0.05, 0) is 37.3 Å². The molecule has 0 heterocycles. The Morgan fingerprint density at radius 1 is 1.22 bits per heavy atom. The number of hydrogen-bond donors (Lipinski definition) is 2. The van der Waals surface area contributed by atoms with Gasteiger partial charge in [0, 0.05) is 6.04 Å². The molecule has 2 unspecified atom stereocenters. The molecule has 1 aromatic rings. The van der Waals surface area contributed by atoms with Crippen molar-refractivity contribution in [1.82, 2.24) is 5.43 Å². The molecule has 2 heteroatoms. The van der Waals surface area contributed by atoms with Gasteiger partial charge in [0.05, 0.1) is 0 Å². The van der Waals surface area contributed by atoms with E-state index in [2.05, 4.69) is 51.3 Å². The average molecular weight is 248 g/mol. The van der Waals surface area contributed by atoms with Crippen LogP contribution in [0.3, 0.4) is 0 Å². The van der Waals surface area contributed by atoms with Gasteiger partial charge in [-0.2, -0.15) is 0 Å². The predicted octanol–water partition coefficient (Wildman–Crippen LogP) is 4.02. The summed E-state index contributed by atoms with van der Waals surface area (Å²) < 4.78 is 0. The molecule has 0 spiro atoms. The third kappa shape index (κ3) is 3.82. The van der Waals surface area contributed by atoms with Crippen molar-refractivity contribution >= 4 is 0 Å². The first-order valence-corrected chi connectivity index (χ1v) is 7.17. The first-order valence-electron chi connectivity index (χ1n) is 7.17. The summed E-state index contributed by atoms with van der Waals surface area (Å²) in [6, 6.07) is 6.93. The lowest BCUT2D eigenvalue weighted by molar-refractivity contribution is 0.326.